The molecule has 0 saturated carbocycles. The molecule has 3 aromatic carbocycles. The van der Waals surface area contributed by atoms with Crippen molar-refractivity contribution in [1.29, 1.82) is 0 Å². The van der Waals surface area contributed by atoms with Crippen molar-refractivity contribution in [2.45, 2.75) is 52.2 Å². The minimum Gasteiger partial charge on any atom is -0.390 e. The molecule has 0 fully saturated rings. The van der Waals surface area contributed by atoms with Crippen LogP contribution in [0, 0.1) is 23.5 Å². The predicted octanol–water partition coefficient (Wildman–Crippen LogP) is 4.58. The van der Waals surface area contributed by atoms with Crippen LogP contribution in [-0.4, -0.2) is 71.6 Å². The maximum atomic E-state index is 14.0. The lowest BCUT2D eigenvalue weighted by Crippen LogP contribution is -2.52. The topological polar surface area (TPSA) is 102 Å². The molecule has 8 nitrogen and oxygen atoms in total. The summed E-state index contributed by atoms with van der Waals surface area (Å²) in [6.07, 6.45) is 0.135. The number of likely N-dealkylation sites (N-methyl/N-ethyl adjacent to an activating group) is 1. The molecule has 238 valence electrons. The largest absolute Gasteiger partial charge is 0.390 e. The average Bonchev–Trinajstić information content (AvgIpc) is 3.00. The van der Waals surface area contributed by atoms with Gasteiger partial charge < -0.3 is 15.3 Å². The molecular formula is C35H40F2N4O4. The van der Waals surface area contributed by atoms with E-state index in [0.717, 1.165) is 31.0 Å². The Hall–Kier alpha value is -4.59. The first-order valence-electron chi connectivity index (χ1n) is 14.9. The Morgan fingerprint density at radius 1 is 0.867 bits per heavy atom. The molecule has 3 amide bonds. The molecule has 0 saturated heterocycles. The Labute approximate surface area is 263 Å². The third-order valence-corrected chi connectivity index (χ3v) is 6.93. The third kappa shape index (κ3) is 10.5. The van der Waals surface area contributed by atoms with Crippen LogP contribution < -0.4 is 10.7 Å². The lowest BCUT2D eigenvalue weighted by atomic mass is 9.99. The smallest absolute Gasteiger partial charge is 0.265 e. The minimum atomic E-state index is -1.29. The second kappa shape index (κ2) is 17.0. The van der Waals surface area contributed by atoms with Gasteiger partial charge in [-0.05, 0) is 74.2 Å². The number of carbonyl (C=O) groups excluding carboxylic acids is 3. The monoisotopic (exact) mass is 618 g/mol. The molecule has 0 aliphatic carbocycles. The summed E-state index contributed by atoms with van der Waals surface area (Å²) in [4.78, 5) is 41.4. The molecule has 0 bridgehead atoms. The molecule has 10 heteroatoms. The number of rotatable bonds is 14. The lowest BCUT2D eigenvalue weighted by Gasteiger charge is -2.28. The van der Waals surface area contributed by atoms with Gasteiger partial charge in [0.25, 0.3) is 17.7 Å². The summed E-state index contributed by atoms with van der Waals surface area (Å²) in [6.45, 7) is 6.60. The highest BCUT2D eigenvalue weighted by Gasteiger charge is 2.26. The van der Waals surface area contributed by atoms with Gasteiger partial charge in [0.2, 0.25) is 0 Å². The van der Waals surface area contributed by atoms with Crippen molar-refractivity contribution in [2.75, 3.05) is 26.7 Å². The molecule has 3 N–H and O–H groups in total. The third-order valence-electron chi connectivity index (χ3n) is 6.93. The van der Waals surface area contributed by atoms with Crippen LogP contribution in [0.15, 0.2) is 66.7 Å². The lowest BCUT2D eigenvalue weighted by molar-refractivity contribution is 0.0541. The molecule has 45 heavy (non-hydrogen) atoms. The number of hydrogen-bond acceptors (Lipinski definition) is 5. The summed E-state index contributed by atoms with van der Waals surface area (Å²) in [5.74, 6) is 2.86. The van der Waals surface area contributed by atoms with E-state index in [4.69, 9.17) is 0 Å². The Kier molecular flexibility index (Phi) is 13.2. The highest BCUT2D eigenvalue weighted by molar-refractivity contribution is 6.00. The van der Waals surface area contributed by atoms with Crippen LogP contribution in [0.5, 0.6) is 0 Å². The average molecular weight is 619 g/mol. The Bertz CT molecular complexity index is 1510. The number of nitrogens with one attached hydrogen (secondary N) is 2. The Morgan fingerprint density at radius 3 is 2.09 bits per heavy atom. The zero-order valence-electron chi connectivity index (χ0n) is 26.1. The molecule has 2 unspecified atom stereocenters. The molecule has 0 spiro atoms. The molecule has 0 aliphatic rings. The van der Waals surface area contributed by atoms with Crippen LogP contribution >= 0.6 is 0 Å². The van der Waals surface area contributed by atoms with Crippen LogP contribution in [0.25, 0.3) is 0 Å². The molecule has 3 aromatic rings. The zero-order valence-corrected chi connectivity index (χ0v) is 26.1. The summed E-state index contributed by atoms with van der Waals surface area (Å²) < 4.78 is 28.1. The fraction of sp³-hybridized carbons (Fsp3) is 0.343. The number of aliphatic hydroxyl groups is 1. The second-order valence-electron chi connectivity index (χ2n) is 10.8. The van der Waals surface area contributed by atoms with E-state index >= 15 is 0 Å². The first-order valence-corrected chi connectivity index (χ1v) is 14.9. The van der Waals surface area contributed by atoms with Crippen molar-refractivity contribution < 1.29 is 28.3 Å². The fourth-order valence-electron chi connectivity index (χ4n) is 4.93. The number of nitrogens with zero attached hydrogens (tertiary/aromatic N) is 2. The quantitative estimate of drug-likeness (QED) is 0.182. The molecule has 2 atom stereocenters. The number of hydrazine groups is 1. The summed E-state index contributed by atoms with van der Waals surface area (Å²) in [7, 11) is 1.55. The summed E-state index contributed by atoms with van der Waals surface area (Å²) in [5.41, 5.74) is 4.20. The van der Waals surface area contributed by atoms with Crippen molar-refractivity contribution in [3.63, 3.8) is 0 Å². The van der Waals surface area contributed by atoms with Crippen LogP contribution in [0.1, 0.15) is 75.8 Å². The van der Waals surface area contributed by atoms with Crippen molar-refractivity contribution >= 4 is 17.7 Å². The van der Waals surface area contributed by atoms with Crippen LogP contribution in [-0.2, 0) is 6.42 Å². The minimum absolute atomic E-state index is 0.122. The SMILES string of the molecule is CC#Cc1cc(C(=O)NC(Cc2cc(F)cc(F)c2)C(O)CN(C)NC(=O)c2ccccc2)cc(C(=O)N(CCC)CCC)c1. The van der Waals surface area contributed by atoms with E-state index < -0.39 is 35.6 Å². The number of halogens is 2. The van der Waals surface area contributed by atoms with Gasteiger partial charge in [-0.1, -0.05) is 38.0 Å². The summed E-state index contributed by atoms with van der Waals surface area (Å²) in [5, 5.41) is 15.4. The van der Waals surface area contributed by atoms with Gasteiger partial charge in [0.05, 0.1) is 12.1 Å². The molecular weight excluding hydrogens is 578 g/mol. The highest BCUT2D eigenvalue weighted by Crippen LogP contribution is 2.16. The molecule has 0 heterocycles. The van der Waals surface area contributed by atoms with E-state index in [9.17, 15) is 28.3 Å². The van der Waals surface area contributed by atoms with E-state index in [0.29, 0.717) is 29.8 Å². The highest BCUT2D eigenvalue weighted by atomic mass is 19.1. The van der Waals surface area contributed by atoms with Gasteiger partial charge >= 0.3 is 0 Å². The molecule has 3 rings (SSSR count). The van der Waals surface area contributed by atoms with Gasteiger partial charge in [-0.2, -0.15) is 0 Å². The van der Waals surface area contributed by atoms with Crippen molar-refractivity contribution in [3.8, 4) is 11.8 Å². The standard InChI is InChI=1S/C35H40F2N4O4/c1-5-11-24-16-27(21-28(17-24)35(45)41(14-6-2)15-7-3)33(43)38-31(20-25-18-29(36)22-30(37)19-25)32(42)23-40(4)39-34(44)26-12-9-8-10-13-26/h8-10,12-13,16-19,21-22,31-32,42H,6-7,14-15,20,23H2,1-4H3,(H,38,43)(H,39,44). The van der Waals surface area contributed by atoms with Gasteiger partial charge in [-0.15, -0.1) is 5.92 Å². The predicted molar refractivity (Wildman–Crippen MR) is 169 cm³/mol. The molecule has 0 aromatic heterocycles. The number of amides is 3. The van der Waals surface area contributed by atoms with Gasteiger partial charge in [0.15, 0.2) is 0 Å². The fourth-order valence-corrected chi connectivity index (χ4v) is 4.93. The second-order valence-corrected chi connectivity index (χ2v) is 10.8. The van der Waals surface area contributed by atoms with E-state index in [1.165, 1.54) is 11.1 Å². The maximum Gasteiger partial charge on any atom is 0.265 e. The van der Waals surface area contributed by atoms with Crippen molar-refractivity contribution in [3.05, 3.63) is 106 Å². The summed E-state index contributed by atoms with van der Waals surface area (Å²) >= 11 is 0. The number of carbonyl (C=O) groups is 3. The Balaban J connectivity index is 1.89. The zero-order chi connectivity index (χ0) is 32.9. The van der Waals surface area contributed by atoms with E-state index in [2.05, 4.69) is 22.6 Å². The molecule has 0 radical (unpaired) electrons. The maximum absolute atomic E-state index is 14.0. The first-order chi connectivity index (χ1) is 21.5. The number of aliphatic hydroxyl groups excluding tert-OH is 1. The van der Waals surface area contributed by atoms with Gasteiger partial charge in [0.1, 0.15) is 11.6 Å². The van der Waals surface area contributed by atoms with E-state index in [1.807, 2.05) is 13.8 Å². The van der Waals surface area contributed by atoms with Gasteiger partial charge in [0, 0.05) is 55.0 Å². The van der Waals surface area contributed by atoms with E-state index in [1.54, 1.807) is 61.3 Å². The van der Waals surface area contributed by atoms with Gasteiger partial charge in [-0.25, -0.2) is 13.8 Å². The normalized spacial score (nSPS) is 12.1. The van der Waals surface area contributed by atoms with Crippen molar-refractivity contribution in [2.24, 2.45) is 0 Å². The van der Waals surface area contributed by atoms with Crippen LogP contribution in [0.2, 0.25) is 0 Å². The van der Waals surface area contributed by atoms with Crippen molar-refractivity contribution in [1.82, 2.24) is 20.7 Å². The van der Waals surface area contributed by atoms with Crippen LogP contribution in [0.4, 0.5) is 8.78 Å². The molecule has 0 aliphatic heterocycles. The number of hydrogen-bond donors (Lipinski definition) is 3. The Morgan fingerprint density at radius 2 is 1.49 bits per heavy atom. The van der Waals surface area contributed by atoms with Gasteiger partial charge in [-0.3, -0.25) is 19.8 Å². The number of benzene rings is 3. The van der Waals surface area contributed by atoms with E-state index in [-0.39, 0.29) is 30.0 Å². The summed E-state index contributed by atoms with van der Waals surface area (Å²) in [6, 6.07) is 15.1. The van der Waals surface area contributed by atoms with Crippen LogP contribution in [0.3, 0.4) is 0 Å². The first kappa shape index (κ1) is 34.9.